The van der Waals surface area contributed by atoms with Crippen molar-refractivity contribution in [1.29, 1.82) is 0 Å². The summed E-state index contributed by atoms with van der Waals surface area (Å²) in [5, 5.41) is 5.68. The Kier molecular flexibility index (Phi) is 5.91. The summed E-state index contributed by atoms with van der Waals surface area (Å²) in [4.78, 5) is 27.3. The lowest BCUT2D eigenvalue weighted by Crippen LogP contribution is -2.37. The fourth-order valence-electron chi connectivity index (χ4n) is 1.83. The number of benzene rings is 1. The molecule has 2 aromatic rings. The Morgan fingerprint density at radius 1 is 1.09 bits per heavy atom. The first-order valence-corrected chi connectivity index (χ1v) is 7.23. The van der Waals surface area contributed by atoms with Gasteiger partial charge in [0.1, 0.15) is 5.69 Å². The molecule has 2 N–H and O–H groups in total. The zero-order chi connectivity index (χ0) is 15.8. The maximum absolute atomic E-state index is 11.8. The quantitative estimate of drug-likeness (QED) is 0.854. The molecule has 1 heterocycles. The molecule has 5 nitrogen and oxygen atoms in total. The molecule has 0 radical (unpaired) electrons. The standard InChI is InChI=1S/C16H16ClN3O2/c17-13-7-9-18-14(10-13)16(22)20-11-15(21)19-8-6-12-4-2-1-3-5-12/h1-5,7,9-10H,6,8,11H2,(H,19,21)(H,20,22). The highest BCUT2D eigenvalue weighted by Gasteiger charge is 2.09. The van der Waals surface area contributed by atoms with E-state index in [1.165, 1.54) is 12.3 Å². The van der Waals surface area contributed by atoms with Crippen LogP contribution in [0.4, 0.5) is 0 Å². The van der Waals surface area contributed by atoms with E-state index in [4.69, 9.17) is 11.6 Å². The summed E-state index contributed by atoms with van der Waals surface area (Å²) in [6, 6.07) is 12.9. The molecule has 2 rings (SSSR count). The highest BCUT2D eigenvalue weighted by atomic mass is 35.5. The Hall–Kier alpha value is -2.40. The van der Waals surface area contributed by atoms with Gasteiger partial charge in [-0.25, -0.2) is 0 Å². The van der Waals surface area contributed by atoms with Crippen LogP contribution in [0.1, 0.15) is 16.1 Å². The predicted molar refractivity (Wildman–Crippen MR) is 84.7 cm³/mol. The summed E-state index contributed by atoms with van der Waals surface area (Å²) in [7, 11) is 0. The number of nitrogens with zero attached hydrogens (tertiary/aromatic N) is 1. The highest BCUT2D eigenvalue weighted by Crippen LogP contribution is 2.07. The molecule has 0 aliphatic carbocycles. The van der Waals surface area contributed by atoms with E-state index in [0.29, 0.717) is 11.6 Å². The van der Waals surface area contributed by atoms with Crippen LogP contribution in [-0.2, 0) is 11.2 Å². The lowest BCUT2D eigenvalue weighted by atomic mass is 10.1. The number of amides is 2. The molecule has 0 unspecified atom stereocenters. The minimum Gasteiger partial charge on any atom is -0.354 e. The summed E-state index contributed by atoms with van der Waals surface area (Å²) < 4.78 is 0. The molecule has 0 atom stereocenters. The van der Waals surface area contributed by atoms with Crippen LogP contribution in [0.15, 0.2) is 48.7 Å². The molecular weight excluding hydrogens is 302 g/mol. The van der Waals surface area contributed by atoms with Crippen LogP contribution < -0.4 is 10.6 Å². The summed E-state index contributed by atoms with van der Waals surface area (Å²) in [6.07, 6.45) is 2.19. The predicted octanol–water partition coefficient (Wildman–Crippen LogP) is 1.82. The third-order valence-corrected chi connectivity index (χ3v) is 3.18. The van der Waals surface area contributed by atoms with Crippen molar-refractivity contribution < 1.29 is 9.59 Å². The second kappa shape index (κ2) is 8.14. The number of carbonyl (C=O) groups is 2. The number of rotatable bonds is 6. The molecule has 2 amide bonds. The van der Waals surface area contributed by atoms with Gasteiger partial charge in [0.2, 0.25) is 5.91 Å². The minimum atomic E-state index is -0.430. The topological polar surface area (TPSA) is 71.1 Å². The second-order valence-corrected chi connectivity index (χ2v) is 5.06. The number of hydrogen-bond acceptors (Lipinski definition) is 3. The maximum atomic E-state index is 11.8. The number of pyridine rings is 1. The van der Waals surface area contributed by atoms with Gasteiger partial charge in [0, 0.05) is 17.8 Å². The molecule has 1 aromatic carbocycles. The molecule has 0 spiro atoms. The summed E-state index contributed by atoms with van der Waals surface area (Å²) >= 11 is 5.78. The van der Waals surface area contributed by atoms with Crippen molar-refractivity contribution >= 4 is 23.4 Å². The number of aromatic nitrogens is 1. The highest BCUT2D eigenvalue weighted by molar-refractivity contribution is 6.30. The first kappa shape index (κ1) is 16.0. The number of hydrogen-bond donors (Lipinski definition) is 2. The van der Waals surface area contributed by atoms with E-state index in [2.05, 4.69) is 15.6 Å². The molecule has 0 saturated carbocycles. The smallest absolute Gasteiger partial charge is 0.270 e. The lowest BCUT2D eigenvalue weighted by Gasteiger charge is -2.07. The van der Waals surface area contributed by atoms with E-state index in [-0.39, 0.29) is 18.1 Å². The molecule has 0 aliphatic rings. The fourth-order valence-corrected chi connectivity index (χ4v) is 1.99. The second-order valence-electron chi connectivity index (χ2n) is 4.63. The lowest BCUT2D eigenvalue weighted by molar-refractivity contribution is -0.120. The van der Waals surface area contributed by atoms with Gasteiger partial charge in [0.25, 0.3) is 5.91 Å². The summed E-state index contributed by atoms with van der Waals surface area (Å²) in [6.45, 7) is 0.427. The van der Waals surface area contributed by atoms with Crippen LogP contribution in [0.5, 0.6) is 0 Å². The van der Waals surface area contributed by atoms with Gasteiger partial charge in [-0.3, -0.25) is 14.6 Å². The first-order valence-electron chi connectivity index (χ1n) is 6.85. The van der Waals surface area contributed by atoms with Gasteiger partial charge in [0.05, 0.1) is 6.54 Å². The van der Waals surface area contributed by atoms with Crippen molar-refractivity contribution in [2.45, 2.75) is 6.42 Å². The molecular formula is C16H16ClN3O2. The monoisotopic (exact) mass is 317 g/mol. The average molecular weight is 318 g/mol. The van der Waals surface area contributed by atoms with Crippen molar-refractivity contribution in [3.05, 3.63) is 64.9 Å². The zero-order valence-corrected chi connectivity index (χ0v) is 12.6. The third kappa shape index (κ3) is 5.18. The van der Waals surface area contributed by atoms with Crippen LogP contribution in [0, 0.1) is 0 Å². The van der Waals surface area contributed by atoms with Crippen molar-refractivity contribution in [1.82, 2.24) is 15.6 Å². The van der Waals surface area contributed by atoms with Crippen LogP contribution in [-0.4, -0.2) is 29.9 Å². The first-order chi connectivity index (χ1) is 10.6. The molecule has 1 aromatic heterocycles. The van der Waals surface area contributed by atoms with E-state index in [9.17, 15) is 9.59 Å². The number of halogens is 1. The van der Waals surface area contributed by atoms with E-state index >= 15 is 0 Å². The Morgan fingerprint density at radius 2 is 1.86 bits per heavy atom. The Balaban J connectivity index is 1.70. The maximum Gasteiger partial charge on any atom is 0.270 e. The van der Waals surface area contributed by atoms with Crippen molar-refractivity contribution in [3.63, 3.8) is 0 Å². The fraction of sp³-hybridized carbons (Fsp3) is 0.188. The average Bonchev–Trinajstić information content (AvgIpc) is 2.53. The zero-order valence-electron chi connectivity index (χ0n) is 11.9. The Labute approximate surface area is 133 Å². The van der Waals surface area contributed by atoms with Gasteiger partial charge in [0.15, 0.2) is 0 Å². The van der Waals surface area contributed by atoms with E-state index in [1.807, 2.05) is 30.3 Å². The van der Waals surface area contributed by atoms with Crippen LogP contribution in [0.25, 0.3) is 0 Å². The van der Waals surface area contributed by atoms with Gasteiger partial charge in [-0.05, 0) is 24.1 Å². The van der Waals surface area contributed by atoms with E-state index < -0.39 is 5.91 Å². The van der Waals surface area contributed by atoms with Crippen molar-refractivity contribution in [2.75, 3.05) is 13.1 Å². The number of carbonyl (C=O) groups excluding carboxylic acids is 2. The molecule has 6 heteroatoms. The van der Waals surface area contributed by atoms with Crippen LogP contribution in [0.2, 0.25) is 5.02 Å². The Morgan fingerprint density at radius 3 is 2.59 bits per heavy atom. The van der Waals surface area contributed by atoms with Gasteiger partial charge >= 0.3 is 0 Å². The Bertz CT molecular complexity index is 647. The van der Waals surface area contributed by atoms with Crippen LogP contribution >= 0.6 is 11.6 Å². The third-order valence-electron chi connectivity index (χ3n) is 2.94. The largest absolute Gasteiger partial charge is 0.354 e. The summed E-state index contributed by atoms with van der Waals surface area (Å²) in [5.74, 6) is -0.674. The number of nitrogens with one attached hydrogen (secondary N) is 2. The minimum absolute atomic E-state index is 0.0954. The molecule has 0 saturated heterocycles. The van der Waals surface area contributed by atoms with Gasteiger partial charge in [-0.2, -0.15) is 0 Å². The SMILES string of the molecule is O=C(CNC(=O)c1cc(Cl)ccn1)NCCc1ccccc1. The molecule has 0 aliphatic heterocycles. The normalized spacial score (nSPS) is 10.0. The van der Waals surface area contributed by atoms with E-state index in [1.54, 1.807) is 6.07 Å². The van der Waals surface area contributed by atoms with Crippen molar-refractivity contribution in [3.8, 4) is 0 Å². The van der Waals surface area contributed by atoms with Crippen LogP contribution in [0.3, 0.4) is 0 Å². The van der Waals surface area contributed by atoms with E-state index in [0.717, 1.165) is 12.0 Å². The molecule has 22 heavy (non-hydrogen) atoms. The van der Waals surface area contributed by atoms with Crippen molar-refractivity contribution in [2.24, 2.45) is 0 Å². The molecule has 0 bridgehead atoms. The molecule has 0 fully saturated rings. The van der Waals surface area contributed by atoms with Gasteiger partial charge < -0.3 is 10.6 Å². The van der Waals surface area contributed by atoms with Gasteiger partial charge in [-0.1, -0.05) is 41.9 Å². The summed E-state index contributed by atoms with van der Waals surface area (Å²) in [5.41, 5.74) is 1.33. The molecule has 114 valence electrons. The van der Waals surface area contributed by atoms with Gasteiger partial charge in [-0.15, -0.1) is 0 Å².